The maximum atomic E-state index is 12.1. The molecule has 0 heterocycles. The molecule has 0 saturated heterocycles. The van der Waals surface area contributed by atoms with Crippen LogP contribution in [0.1, 0.15) is 12.0 Å². The smallest absolute Gasteiger partial charge is 0.303 e. The lowest BCUT2D eigenvalue weighted by Crippen LogP contribution is -2.35. The largest absolute Gasteiger partial charge is 0.448 e. The summed E-state index contributed by atoms with van der Waals surface area (Å²) in [5.41, 5.74) is 0.782. The van der Waals surface area contributed by atoms with Gasteiger partial charge in [-0.3, -0.25) is 9.69 Å². The fraction of sp³-hybridized carbons (Fsp3) is 0.429. The molecule has 0 aliphatic carbocycles. The van der Waals surface area contributed by atoms with E-state index in [0.717, 1.165) is 10.5 Å². The Labute approximate surface area is 122 Å². The highest BCUT2D eigenvalue weighted by atomic mass is 19.3. The Balaban J connectivity index is 2.58. The van der Waals surface area contributed by atoms with Gasteiger partial charge in [0.25, 0.3) is 0 Å². The van der Waals surface area contributed by atoms with E-state index in [-0.39, 0.29) is 25.3 Å². The molecule has 0 radical (unpaired) electrons. The van der Waals surface area contributed by atoms with Gasteiger partial charge in [-0.15, -0.1) is 0 Å². The number of carbonyl (C=O) groups excluding carboxylic acids is 2. The Morgan fingerprint density at radius 3 is 2.48 bits per heavy atom. The van der Waals surface area contributed by atoms with Gasteiger partial charge in [-0.05, 0) is 5.56 Å². The number of rotatable bonds is 8. The van der Waals surface area contributed by atoms with Crippen molar-refractivity contribution < 1.29 is 23.9 Å². The molecule has 0 fully saturated rings. The molecule has 0 aliphatic heterocycles. The third kappa shape index (κ3) is 6.33. The van der Waals surface area contributed by atoms with Crippen LogP contribution in [-0.2, 0) is 21.1 Å². The van der Waals surface area contributed by atoms with E-state index in [4.69, 9.17) is 4.84 Å². The van der Waals surface area contributed by atoms with Crippen LogP contribution in [-0.4, -0.2) is 49.1 Å². The second kappa shape index (κ2) is 9.04. The highest BCUT2D eigenvalue weighted by molar-refractivity contribution is 5.84. The third-order valence-electron chi connectivity index (χ3n) is 2.92. The van der Waals surface area contributed by atoms with E-state index in [9.17, 15) is 14.1 Å². The lowest BCUT2D eigenvalue weighted by atomic mass is 10.2. The number of hydroxylamine groups is 2. The van der Waals surface area contributed by atoms with Gasteiger partial charge in [0.15, 0.2) is 5.78 Å². The quantitative estimate of drug-likeness (QED) is 0.687. The number of halogens is 1. The van der Waals surface area contributed by atoms with Gasteiger partial charge in [0.05, 0.1) is 13.7 Å². The molecule has 0 spiro atoms. The summed E-state index contributed by atoms with van der Waals surface area (Å²) in [6.45, 7) is 0.282. The Kier molecular flexibility index (Phi) is 7.34. The third-order valence-corrected chi connectivity index (χ3v) is 2.92. The van der Waals surface area contributed by atoms with Crippen molar-refractivity contribution in [2.75, 3.05) is 27.2 Å². The van der Waals surface area contributed by atoms with Crippen molar-refractivity contribution in [3.05, 3.63) is 35.9 Å². The van der Waals surface area contributed by atoms with Crippen LogP contribution >= 0.6 is 0 Å². The minimum Gasteiger partial charge on any atom is -0.303 e. The van der Waals surface area contributed by atoms with Gasteiger partial charge in [-0.25, -0.2) is 9.74 Å². The SMILES string of the molecule is CON(C)CCC(=O)CN(Cc1ccccc1)C(=O)OF. The molecule has 1 aromatic carbocycles. The summed E-state index contributed by atoms with van der Waals surface area (Å²) in [5.74, 6) is -0.208. The first-order chi connectivity index (χ1) is 10.1. The monoisotopic (exact) mass is 298 g/mol. The van der Waals surface area contributed by atoms with E-state index >= 15 is 0 Å². The highest BCUT2D eigenvalue weighted by Crippen LogP contribution is 2.07. The van der Waals surface area contributed by atoms with Gasteiger partial charge in [-0.2, -0.15) is 5.06 Å². The molecule has 7 heteroatoms. The lowest BCUT2D eigenvalue weighted by molar-refractivity contribution is -0.130. The average Bonchev–Trinajstić information content (AvgIpc) is 2.52. The zero-order valence-electron chi connectivity index (χ0n) is 12.1. The molecule has 0 saturated carbocycles. The first-order valence-electron chi connectivity index (χ1n) is 6.45. The van der Waals surface area contributed by atoms with E-state index in [1.54, 1.807) is 31.3 Å². The van der Waals surface area contributed by atoms with Crippen molar-refractivity contribution in [2.45, 2.75) is 13.0 Å². The number of amides is 1. The Morgan fingerprint density at radius 2 is 1.90 bits per heavy atom. The zero-order valence-corrected chi connectivity index (χ0v) is 12.1. The van der Waals surface area contributed by atoms with Crippen LogP contribution in [0.15, 0.2) is 30.3 Å². The van der Waals surface area contributed by atoms with E-state index < -0.39 is 6.09 Å². The summed E-state index contributed by atoms with van der Waals surface area (Å²) < 4.78 is 12.1. The molecule has 6 nitrogen and oxygen atoms in total. The van der Waals surface area contributed by atoms with Gasteiger partial charge >= 0.3 is 6.09 Å². The van der Waals surface area contributed by atoms with E-state index in [0.29, 0.717) is 6.54 Å². The van der Waals surface area contributed by atoms with Crippen molar-refractivity contribution in [3.63, 3.8) is 0 Å². The second-order valence-electron chi connectivity index (χ2n) is 4.51. The number of benzene rings is 1. The van der Waals surface area contributed by atoms with Gasteiger partial charge in [0, 0.05) is 31.1 Å². The van der Waals surface area contributed by atoms with Crippen LogP contribution < -0.4 is 0 Å². The van der Waals surface area contributed by atoms with Gasteiger partial charge in [0.2, 0.25) is 0 Å². The van der Waals surface area contributed by atoms with Crippen molar-refractivity contribution in [3.8, 4) is 0 Å². The number of carbonyl (C=O) groups is 2. The molecule has 0 bridgehead atoms. The van der Waals surface area contributed by atoms with Crippen LogP contribution in [0.2, 0.25) is 0 Å². The number of hydrogen-bond acceptors (Lipinski definition) is 5. The maximum absolute atomic E-state index is 12.1. The molecule has 0 unspecified atom stereocenters. The van der Waals surface area contributed by atoms with Gasteiger partial charge in [-0.1, -0.05) is 30.3 Å². The number of ketones is 1. The zero-order chi connectivity index (χ0) is 15.7. The molecule has 1 aromatic rings. The summed E-state index contributed by atoms with van der Waals surface area (Å²) >= 11 is 0. The molecular weight excluding hydrogens is 279 g/mol. The number of nitrogens with zero attached hydrogens (tertiary/aromatic N) is 2. The molecule has 1 amide bonds. The van der Waals surface area contributed by atoms with E-state index in [2.05, 4.69) is 4.94 Å². The maximum Gasteiger partial charge on any atom is 0.448 e. The van der Waals surface area contributed by atoms with Gasteiger partial charge in [0.1, 0.15) is 0 Å². The average molecular weight is 298 g/mol. The van der Waals surface area contributed by atoms with Crippen molar-refractivity contribution in [1.29, 1.82) is 0 Å². The summed E-state index contributed by atoms with van der Waals surface area (Å²) in [4.78, 5) is 32.4. The molecule has 0 atom stereocenters. The molecule has 116 valence electrons. The van der Waals surface area contributed by atoms with Crippen LogP contribution in [0.25, 0.3) is 0 Å². The van der Waals surface area contributed by atoms with Crippen molar-refractivity contribution >= 4 is 11.9 Å². The summed E-state index contributed by atoms with van der Waals surface area (Å²) in [5, 5.41) is 1.49. The van der Waals surface area contributed by atoms with Crippen molar-refractivity contribution in [2.24, 2.45) is 0 Å². The first kappa shape index (κ1) is 17.1. The normalized spacial score (nSPS) is 10.5. The molecule has 0 aromatic heterocycles. The second-order valence-corrected chi connectivity index (χ2v) is 4.51. The fourth-order valence-electron chi connectivity index (χ4n) is 1.70. The fourth-order valence-corrected chi connectivity index (χ4v) is 1.70. The molecule has 0 N–H and O–H groups in total. The van der Waals surface area contributed by atoms with Crippen molar-refractivity contribution in [1.82, 2.24) is 9.96 Å². The molecule has 21 heavy (non-hydrogen) atoms. The van der Waals surface area contributed by atoms with Crippen LogP contribution in [0.5, 0.6) is 0 Å². The number of hydrogen-bond donors (Lipinski definition) is 0. The molecule has 1 rings (SSSR count). The highest BCUT2D eigenvalue weighted by Gasteiger charge is 2.19. The predicted molar refractivity (Wildman–Crippen MR) is 73.7 cm³/mol. The first-order valence-corrected chi connectivity index (χ1v) is 6.45. The van der Waals surface area contributed by atoms with Crippen LogP contribution in [0.3, 0.4) is 0 Å². The summed E-state index contributed by atoms with van der Waals surface area (Å²) in [6, 6.07) is 8.98. The minimum absolute atomic E-state index is 0.107. The predicted octanol–water partition coefficient (Wildman–Crippen LogP) is 1.96. The number of Topliss-reactive ketones (excluding diaryl/α,β-unsaturated/α-hetero) is 1. The molecule has 0 aliphatic rings. The van der Waals surface area contributed by atoms with Crippen LogP contribution in [0.4, 0.5) is 9.32 Å². The standard InChI is InChI=1S/C14H19FN2O4/c1-16(20-2)9-8-13(18)11-17(14(19)21-15)10-12-6-4-3-5-7-12/h3-7H,8-11H2,1-2H3. The Morgan fingerprint density at radius 1 is 1.24 bits per heavy atom. The Hall–Kier alpha value is -1.99. The van der Waals surface area contributed by atoms with Crippen LogP contribution in [0, 0.1) is 0 Å². The van der Waals surface area contributed by atoms with Gasteiger partial charge < -0.3 is 4.84 Å². The Bertz CT molecular complexity index is 456. The molecular formula is C14H19FN2O4. The minimum atomic E-state index is -1.17. The van der Waals surface area contributed by atoms with E-state index in [1.807, 2.05) is 6.07 Å². The summed E-state index contributed by atoms with van der Waals surface area (Å²) in [6.07, 6.45) is -0.984. The van der Waals surface area contributed by atoms with E-state index in [1.165, 1.54) is 12.2 Å². The lowest BCUT2D eigenvalue weighted by Gasteiger charge is -2.19. The topological polar surface area (TPSA) is 59.1 Å². The summed E-state index contributed by atoms with van der Waals surface area (Å²) in [7, 11) is 3.18.